The van der Waals surface area contributed by atoms with Crippen molar-refractivity contribution in [1.29, 1.82) is 0 Å². The number of methoxy groups -OCH3 is 2. The number of hydrogen-bond acceptors (Lipinski definition) is 22. The number of pyridine rings is 1. The number of phenolic OH excluding ortho intramolecular Hbond substituents is 1. The molecule has 9 atom stereocenters. The van der Waals surface area contributed by atoms with Crippen LogP contribution in [0, 0.1) is 18.0 Å². The number of esters is 1. The number of hydroxylamine groups is 2. The Morgan fingerprint density at radius 3 is 2.33 bits per heavy atom. The number of nitrogens with zero attached hydrogens (tertiary/aromatic N) is 1. The van der Waals surface area contributed by atoms with E-state index in [0.29, 0.717) is 0 Å². The summed E-state index contributed by atoms with van der Waals surface area (Å²) in [5.74, 6) is -12.0. The smallest absolute Gasteiger partial charge is 0.364 e. The Hall–Kier alpha value is -7.74. The predicted octanol–water partition coefficient (Wildman–Crippen LogP) is 1.84. The Kier molecular flexibility index (Phi) is 13.0. The van der Waals surface area contributed by atoms with E-state index < -0.39 is 164 Å². The summed E-state index contributed by atoms with van der Waals surface area (Å²) in [5.41, 5.74) is -9.73. The highest BCUT2D eigenvalue weighted by Gasteiger charge is 2.54. The van der Waals surface area contributed by atoms with Gasteiger partial charge in [0.05, 0.1) is 42.7 Å². The van der Waals surface area contributed by atoms with Crippen LogP contribution in [0.4, 0.5) is 5.69 Å². The van der Waals surface area contributed by atoms with Crippen LogP contribution < -0.4 is 31.0 Å². The fourth-order valence-corrected chi connectivity index (χ4v) is 9.34. The number of ether oxygens (including phenoxy) is 6. The maximum Gasteiger partial charge on any atom is 0.364 e. The molecule has 8 rings (SSSR count). The molecular formula is C48H48N4O20. The zero-order valence-electron chi connectivity index (χ0n) is 39.6. The fourth-order valence-electron chi connectivity index (χ4n) is 9.34. The van der Waals surface area contributed by atoms with Crippen LogP contribution >= 0.6 is 0 Å². The van der Waals surface area contributed by atoms with Crippen molar-refractivity contribution in [3.63, 3.8) is 0 Å². The van der Waals surface area contributed by atoms with E-state index in [1.165, 1.54) is 80.0 Å². The zero-order chi connectivity index (χ0) is 52.6. The number of Topliss-reactive ketones (excluding diaryl/α,β-unsaturated/α-hetero) is 4. The van der Waals surface area contributed by atoms with Crippen LogP contribution in [0.1, 0.15) is 98.7 Å². The van der Waals surface area contributed by atoms with Gasteiger partial charge in [-0.2, -0.15) is 0 Å². The van der Waals surface area contributed by atoms with E-state index in [1.54, 1.807) is 0 Å². The first-order valence-electron chi connectivity index (χ1n) is 22.1. The molecule has 0 saturated carbocycles. The molecule has 4 aliphatic rings. The average molecular weight is 1000 g/mol. The van der Waals surface area contributed by atoms with Gasteiger partial charge in [0.25, 0.3) is 5.91 Å². The van der Waals surface area contributed by atoms with Crippen molar-refractivity contribution in [3.8, 4) is 28.7 Å². The number of rotatable bonds is 9. The molecule has 8 N–H and O–H groups in total. The minimum absolute atomic E-state index is 0.0393. The quantitative estimate of drug-likeness (QED) is 0.0673. The third kappa shape index (κ3) is 8.35. The molecule has 3 aliphatic heterocycles. The highest BCUT2D eigenvalue weighted by Crippen LogP contribution is 2.42. The van der Waals surface area contributed by atoms with E-state index in [-0.39, 0.29) is 39.1 Å². The number of phenols is 1. The Morgan fingerprint density at radius 2 is 1.67 bits per heavy atom. The van der Waals surface area contributed by atoms with Crippen molar-refractivity contribution in [1.82, 2.24) is 10.3 Å². The van der Waals surface area contributed by atoms with Crippen molar-refractivity contribution < 1.29 is 92.5 Å². The number of quaternary nitrogens is 1. The van der Waals surface area contributed by atoms with Crippen molar-refractivity contribution in [3.05, 3.63) is 103 Å². The number of allylic oxidation sites excluding steroid dienone is 3. The second-order valence-electron chi connectivity index (χ2n) is 18.2. The van der Waals surface area contributed by atoms with Gasteiger partial charge < -0.3 is 69.1 Å². The highest BCUT2D eigenvalue weighted by molar-refractivity contribution is 6.31. The van der Waals surface area contributed by atoms with Crippen LogP contribution in [0.5, 0.6) is 28.7 Å². The standard InChI is InChI=1S/C48H48N4O20/c1-17-11-19(3)40(39(59)42(60)48(6)16-49-30-36(56)23-12-18(2)34(54)29(33(17)53)28(23)38(58)41(30)72-48)71-46(63)32-37(57)26(69-27-15-47(5,52(64)65)43(67-8)20(4)68-27)14-24(50-32)44(61)51-31-35(55)22-10-9-21(66-7)13-25(22)70-45(31)62/h9-14,19-20,27,39-40,43,49,52,54-55,57,59,64H,15-16H2,1-8H3,(H,51,61)/b17-11-/t19-,20+,27-,39-,40-,43-,47-,48-/m0/s1. The van der Waals surface area contributed by atoms with Crippen LogP contribution in [0.15, 0.2) is 62.6 Å². The van der Waals surface area contributed by atoms with Gasteiger partial charge in [-0.1, -0.05) is 13.0 Å². The molecule has 2 aromatic carbocycles. The van der Waals surface area contributed by atoms with Gasteiger partial charge in [0.1, 0.15) is 40.7 Å². The number of aromatic nitrogens is 1. The number of aliphatic hydroxyl groups excluding tert-OH is 1. The lowest BCUT2D eigenvalue weighted by Crippen LogP contribution is -3.16. The van der Waals surface area contributed by atoms with Gasteiger partial charge in [0, 0.05) is 30.7 Å². The normalized spacial score (nSPS) is 27.3. The molecule has 72 heavy (non-hydrogen) atoms. The topological polar surface area (TPSA) is 354 Å². The number of nitrogens with one attached hydrogen (secondary N) is 3. The summed E-state index contributed by atoms with van der Waals surface area (Å²) in [7, 11) is 2.64. The van der Waals surface area contributed by atoms with Crippen molar-refractivity contribution >= 4 is 51.7 Å². The maximum absolute atomic E-state index is 14.5. The molecule has 2 aromatic heterocycles. The lowest BCUT2D eigenvalue weighted by atomic mass is 9.82. The summed E-state index contributed by atoms with van der Waals surface area (Å²) >= 11 is 0. The van der Waals surface area contributed by atoms with E-state index in [0.717, 1.165) is 12.1 Å². The summed E-state index contributed by atoms with van der Waals surface area (Å²) < 4.78 is 39.5. The molecule has 1 aliphatic carbocycles. The largest absolute Gasteiger partial charge is 0.600 e. The molecule has 24 nitrogen and oxygen atoms in total. The summed E-state index contributed by atoms with van der Waals surface area (Å²) in [6.07, 6.45) is -7.18. The molecule has 3 bridgehead atoms. The molecule has 1 fully saturated rings. The van der Waals surface area contributed by atoms with E-state index in [9.17, 15) is 64.4 Å². The van der Waals surface area contributed by atoms with Crippen LogP contribution in [0.25, 0.3) is 11.0 Å². The molecular weight excluding hydrogens is 953 g/mol. The lowest BCUT2D eigenvalue weighted by Gasteiger charge is -2.47. The van der Waals surface area contributed by atoms with Crippen molar-refractivity contribution in [2.45, 2.75) is 89.8 Å². The van der Waals surface area contributed by atoms with Gasteiger partial charge >= 0.3 is 11.6 Å². The van der Waals surface area contributed by atoms with Crippen molar-refractivity contribution in [2.24, 2.45) is 5.92 Å². The second kappa shape index (κ2) is 18.5. The van der Waals surface area contributed by atoms with Gasteiger partial charge in [0.2, 0.25) is 23.6 Å². The molecule has 1 saturated heterocycles. The number of carbonyl (C=O) groups excluding carboxylic acids is 6. The third-order valence-electron chi connectivity index (χ3n) is 13.2. The third-order valence-corrected chi connectivity index (χ3v) is 13.2. The molecule has 1 unspecified atom stereocenters. The number of hydrogen-bond donors (Lipinski definition) is 8. The number of aliphatic hydroxyl groups is 1. The Balaban J connectivity index is 1.22. The van der Waals surface area contributed by atoms with Crippen LogP contribution in [0.3, 0.4) is 0 Å². The van der Waals surface area contributed by atoms with Gasteiger partial charge in [-0.3, -0.25) is 24.0 Å². The minimum atomic E-state index is -2.39. The summed E-state index contributed by atoms with van der Waals surface area (Å²) in [5, 5.41) is 72.4. The number of anilines is 1. The van der Waals surface area contributed by atoms with Crippen LogP contribution in [-0.2, 0) is 23.7 Å². The van der Waals surface area contributed by atoms with Gasteiger partial charge in [-0.15, -0.1) is 0 Å². The monoisotopic (exact) mass is 1000 g/mol. The average Bonchev–Trinajstić information content (AvgIpc) is 3.33. The van der Waals surface area contributed by atoms with Gasteiger partial charge in [-0.05, 0) is 64.0 Å². The SMILES string of the molecule is COc1ccc2c(O)c(NC(=O)c3cc(O[C@H]4C[C@](C)([NH+]([O-])O)[C@@H](OC)[C@@H](C)O4)c(O)c(C(=O)O[C@@H]4[C@H](O)C(=O)[C@]5(C)CNC6=C(O5)C(=O)c5c(cc(C)c(O)c5C(=O)/C(C)=C\[C@@H]4C)C6=O)n3)c(=O)oc2c1. The first kappa shape index (κ1) is 50.6. The predicted molar refractivity (Wildman–Crippen MR) is 243 cm³/mol. The van der Waals surface area contributed by atoms with E-state index in [4.69, 9.17) is 32.8 Å². The highest BCUT2D eigenvalue weighted by atomic mass is 16.8. The number of aromatic hydroxyl groups is 3. The van der Waals surface area contributed by atoms with Crippen molar-refractivity contribution in [2.75, 3.05) is 26.1 Å². The van der Waals surface area contributed by atoms with Gasteiger partial charge in [0.15, 0.2) is 57.4 Å². The maximum atomic E-state index is 14.5. The number of amides is 1. The Labute approximate surface area is 406 Å². The summed E-state index contributed by atoms with van der Waals surface area (Å²) in [6, 6.07) is 6.10. The molecule has 380 valence electrons. The summed E-state index contributed by atoms with van der Waals surface area (Å²) in [4.78, 5) is 102. The Morgan fingerprint density at radius 1 is 0.958 bits per heavy atom. The summed E-state index contributed by atoms with van der Waals surface area (Å²) in [6.45, 7) is 7.51. The first-order chi connectivity index (χ1) is 33.8. The molecule has 5 heterocycles. The fraction of sp³-hybridized carbons (Fsp3) is 0.375. The molecule has 0 spiro atoms. The second-order valence-corrected chi connectivity index (χ2v) is 18.2. The minimum Gasteiger partial charge on any atom is -0.600 e. The van der Waals surface area contributed by atoms with E-state index in [1.807, 2.05) is 0 Å². The number of ketones is 4. The number of aryl methyl sites for hydroxylation is 1. The number of fused-ring (bicyclic) bond motifs is 2. The zero-order valence-corrected chi connectivity index (χ0v) is 39.6. The van der Waals surface area contributed by atoms with E-state index in [2.05, 4.69) is 15.6 Å². The lowest BCUT2D eigenvalue weighted by molar-refractivity contribution is -1.09. The molecule has 0 radical (unpaired) electrons. The van der Waals surface area contributed by atoms with Crippen LogP contribution in [-0.4, -0.2) is 128 Å². The number of benzene rings is 2. The first-order valence-corrected chi connectivity index (χ1v) is 22.1. The van der Waals surface area contributed by atoms with Crippen LogP contribution in [0.2, 0.25) is 0 Å². The van der Waals surface area contributed by atoms with Gasteiger partial charge in [-0.25, -0.2) is 25.0 Å². The molecule has 1 amide bonds. The number of carbonyl (C=O) groups is 6. The molecule has 24 heteroatoms. The Bertz CT molecular complexity index is 3160. The molecule has 4 aromatic rings. The van der Waals surface area contributed by atoms with E-state index >= 15 is 0 Å².